The summed E-state index contributed by atoms with van der Waals surface area (Å²) >= 11 is 0. The first-order valence-corrected chi connectivity index (χ1v) is 4.35. The summed E-state index contributed by atoms with van der Waals surface area (Å²) in [6.07, 6.45) is 6.36. The second-order valence-corrected chi connectivity index (χ2v) is 3.13. The number of nitrogens with zero attached hydrogens (tertiary/aromatic N) is 3. The lowest BCUT2D eigenvalue weighted by Crippen LogP contribution is -1.99. The zero-order valence-corrected chi connectivity index (χ0v) is 8.08. The summed E-state index contributed by atoms with van der Waals surface area (Å²) in [4.78, 5) is 14.9. The number of aromatic nitrogens is 3. The molecule has 5 heteroatoms. The average molecular weight is 203 g/mol. The molecule has 0 fully saturated rings. The van der Waals surface area contributed by atoms with Crippen molar-refractivity contribution in [3.63, 3.8) is 0 Å². The van der Waals surface area contributed by atoms with E-state index in [0.29, 0.717) is 5.56 Å². The van der Waals surface area contributed by atoms with Gasteiger partial charge in [0.2, 0.25) is 0 Å². The summed E-state index contributed by atoms with van der Waals surface area (Å²) in [6.45, 7) is 0. The summed E-state index contributed by atoms with van der Waals surface area (Å²) < 4.78 is 1.62. The van der Waals surface area contributed by atoms with Gasteiger partial charge < -0.3 is 5.11 Å². The standard InChI is InChI=1S/C10H9N3O2/c1-13-6-7(4-12-13)9-5-11-3-2-8(9)10(14)15/h2-6H,1H3,(H,14,15). The maximum absolute atomic E-state index is 10.9. The van der Waals surface area contributed by atoms with Crippen LogP contribution in [0.2, 0.25) is 0 Å². The number of rotatable bonds is 2. The molecule has 0 bridgehead atoms. The van der Waals surface area contributed by atoms with Gasteiger partial charge in [-0.15, -0.1) is 0 Å². The molecule has 2 rings (SSSR count). The topological polar surface area (TPSA) is 68.0 Å². The van der Waals surface area contributed by atoms with Gasteiger partial charge in [0.15, 0.2) is 0 Å². The predicted octanol–water partition coefficient (Wildman–Crippen LogP) is 1.18. The highest BCUT2D eigenvalue weighted by atomic mass is 16.4. The fourth-order valence-electron chi connectivity index (χ4n) is 1.37. The Morgan fingerprint density at radius 3 is 2.87 bits per heavy atom. The summed E-state index contributed by atoms with van der Waals surface area (Å²) in [6, 6.07) is 1.48. The molecule has 15 heavy (non-hydrogen) atoms. The number of carbonyl (C=O) groups is 1. The molecule has 2 aromatic heterocycles. The van der Waals surface area contributed by atoms with Gasteiger partial charge in [0.05, 0.1) is 11.8 Å². The van der Waals surface area contributed by atoms with Crippen LogP contribution in [0.25, 0.3) is 11.1 Å². The highest BCUT2D eigenvalue weighted by molar-refractivity contribution is 5.95. The van der Waals surface area contributed by atoms with Gasteiger partial charge in [0, 0.05) is 36.8 Å². The molecule has 0 radical (unpaired) electrons. The maximum atomic E-state index is 10.9. The molecule has 2 aromatic rings. The lowest BCUT2D eigenvalue weighted by Gasteiger charge is -2.01. The van der Waals surface area contributed by atoms with Gasteiger partial charge in [0.25, 0.3) is 0 Å². The van der Waals surface area contributed by atoms with E-state index in [1.54, 1.807) is 24.1 Å². The van der Waals surface area contributed by atoms with Crippen LogP contribution in [0.4, 0.5) is 0 Å². The van der Waals surface area contributed by atoms with Crippen molar-refractivity contribution in [3.8, 4) is 11.1 Å². The molecule has 0 spiro atoms. The summed E-state index contributed by atoms with van der Waals surface area (Å²) in [5.41, 5.74) is 1.57. The number of hydrogen-bond acceptors (Lipinski definition) is 3. The van der Waals surface area contributed by atoms with E-state index in [9.17, 15) is 4.79 Å². The number of carboxylic acid groups (broad SMARTS) is 1. The fraction of sp³-hybridized carbons (Fsp3) is 0.100. The van der Waals surface area contributed by atoms with Gasteiger partial charge in [-0.05, 0) is 6.07 Å². The monoisotopic (exact) mass is 203 g/mol. The number of aromatic carboxylic acids is 1. The van der Waals surface area contributed by atoms with E-state index in [0.717, 1.165) is 5.56 Å². The Bertz CT molecular complexity index is 505. The highest BCUT2D eigenvalue weighted by Gasteiger charge is 2.12. The van der Waals surface area contributed by atoms with Crippen LogP contribution in [0, 0.1) is 0 Å². The normalized spacial score (nSPS) is 10.2. The molecule has 5 nitrogen and oxygen atoms in total. The molecule has 0 aromatic carbocycles. The largest absolute Gasteiger partial charge is 0.478 e. The SMILES string of the molecule is Cn1cc(-c2cnccc2C(=O)O)cn1. The third kappa shape index (κ3) is 1.71. The van der Waals surface area contributed by atoms with Gasteiger partial charge in [-0.25, -0.2) is 4.79 Å². The number of aryl methyl sites for hydroxylation is 1. The quantitative estimate of drug-likeness (QED) is 0.795. The van der Waals surface area contributed by atoms with Crippen LogP contribution in [0.15, 0.2) is 30.9 Å². The second-order valence-electron chi connectivity index (χ2n) is 3.13. The predicted molar refractivity (Wildman–Crippen MR) is 53.4 cm³/mol. The van der Waals surface area contributed by atoms with Crippen LogP contribution in [0.3, 0.4) is 0 Å². The fourth-order valence-corrected chi connectivity index (χ4v) is 1.37. The van der Waals surface area contributed by atoms with Gasteiger partial charge in [-0.2, -0.15) is 5.10 Å². The Kier molecular flexibility index (Phi) is 2.21. The Labute approximate surface area is 86.0 Å². The van der Waals surface area contributed by atoms with Crippen molar-refractivity contribution in [3.05, 3.63) is 36.4 Å². The lowest BCUT2D eigenvalue weighted by atomic mass is 10.1. The first kappa shape index (κ1) is 9.39. The highest BCUT2D eigenvalue weighted by Crippen LogP contribution is 2.21. The van der Waals surface area contributed by atoms with Crippen molar-refractivity contribution in [2.75, 3.05) is 0 Å². The van der Waals surface area contributed by atoms with Crippen LogP contribution >= 0.6 is 0 Å². The average Bonchev–Trinajstić information content (AvgIpc) is 2.65. The molecule has 76 valence electrons. The summed E-state index contributed by atoms with van der Waals surface area (Å²) in [7, 11) is 1.78. The van der Waals surface area contributed by atoms with E-state index in [1.165, 1.54) is 18.5 Å². The van der Waals surface area contributed by atoms with E-state index in [4.69, 9.17) is 5.11 Å². The van der Waals surface area contributed by atoms with Gasteiger partial charge in [-0.3, -0.25) is 9.67 Å². The maximum Gasteiger partial charge on any atom is 0.336 e. The van der Waals surface area contributed by atoms with Gasteiger partial charge in [-0.1, -0.05) is 0 Å². The van der Waals surface area contributed by atoms with Crippen molar-refractivity contribution < 1.29 is 9.90 Å². The number of hydrogen-bond donors (Lipinski definition) is 1. The summed E-state index contributed by atoms with van der Waals surface area (Å²) in [5.74, 6) is -0.962. The Morgan fingerprint density at radius 2 is 2.27 bits per heavy atom. The van der Waals surface area contributed by atoms with Crippen LogP contribution in [0.5, 0.6) is 0 Å². The molecule has 2 heterocycles. The van der Waals surface area contributed by atoms with E-state index in [-0.39, 0.29) is 5.56 Å². The van der Waals surface area contributed by atoms with Crippen molar-refractivity contribution in [2.45, 2.75) is 0 Å². The van der Waals surface area contributed by atoms with Crippen molar-refractivity contribution >= 4 is 5.97 Å². The van der Waals surface area contributed by atoms with Gasteiger partial charge >= 0.3 is 5.97 Å². The molecule has 0 atom stereocenters. The molecule has 0 amide bonds. The first-order chi connectivity index (χ1) is 7.18. The van der Waals surface area contributed by atoms with E-state index < -0.39 is 5.97 Å². The number of pyridine rings is 1. The lowest BCUT2D eigenvalue weighted by molar-refractivity contribution is 0.0697. The van der Waals surface area contributed by atoms with Gasteiger partial charge in [0.1, 0.15) is 0 Å². The van der Waals surface area contributed by atoms with Crippen LogP contribution in [-0.4, -0.2) is 25.8 Å². The molecule has 0 aliphatic rings. The van der Waals surface area contributed by atoms with Crippen LogP contribution in [0.1, 0.15) is 10.4 Å². The molecule has 0 saturated carbocycles. The zero-order chi connectivity index (χ0) is 10.8. The Balaban J connectivity index is 2.57. The molecular formula is C10H9N3O2. The van der Waals surface area contributed by atoms with E-state index >= 15 is 0 Å². The molecular weight excluding hydrogens is 194 g/mol. The van der Waals surface area contributed by atoms with Crippen LogP contribution < -0.4 is 0 Å². The minimum absolute atomic E-state index is 0.234. The first-order valence-electron chi connectivity index (χ1n) is 4.35. The van der Waals surface area contributed by atoms with Crippen LogP contribution in [-0.2, 0) is 7.05 Å². The minimum atomic E-state index is -0.962. The summed E-state index contributed by atoms with van der Waals surface area (Å²) in [5, 5.41) is 13.0. The van der Waals surface area contributed by atoms with E-state index in [1.807, 2.05) is 0 Å². The van der Waals surface area contributed by atoms with Crippen molar-refractivity contribution in [1.82, 2.24) is 14.8 Å². The Hall–Kier alpha value is -2.17. The second kappa shape index (κ2) is 3.53. The number of carboxylic acids is 1. The van der Waals surface area contributed by atoms with E-state index in [2.05, 4.69) is 10.1 Å². The molecule has 1 N–H and O–H groups in total. The van der Waals surface area contributed by atoms with Crippen molar-refractivity contribution in [2.24, 2.45) is 7.05 Å². The minimum Gasteiger partial charge on any atom is -0.478 e. The molecule has 0 saturated heterocycles. The Morgan fingerprint density at radius 1 is 1.47 bits per heavy atom. The third-order valence-corrected chi connectivity index (χ3v) is 2.07. The molecule has 0 aliphatic carbocycles. The smallest absolute Gasteiger partial charge is 0.336 e. The third-order valence-electron chi connectivity index (χ3n) is 2.07. The zero-order valence-electron chi connectivity index (χ0n) is 8.08. The molecule has 0 aliphatic heterocycles. The molecule has 0 unspecified atom stereocenters. The van der Waals surface area contributed by atoms with Crippen molar-refractivity contribution in [1.29, 1.82) is 0 Å².